The molecular weight excluding hydrogens is 351 g/mol. The van der Waals surface area contributed by atoms with E-state index in [1.54, 1.807) is 35.5 Å². The van der Waals surface area contributed by atoms with Crippen LogP contribution >= 0.6 is 11.3 Å². The average Bonchev–Trinajstić information content (AvgIpc) is 3.05. The smallest absolute Gasteiger partial charge is 0.266 e. The van der Waals surface area contributed by atoms with Gasteiger partial charge in [-0.05, 0) is 44.5 Å². The van der Waals surface area contributed by atoms with Crippen LogP contribution in [0.3, 0.4) is 0 Å². The molecule has 1 atom stereocenters. The summed E-state index contributed by atoms with van der Waals surface area (Å²) < 4.78 is 13.2. The third-order valence-corrected chi connectivity index (χ3v) is 5.31. The quantitative estimate of drug-likeness (QED) is 0.673. The van der Waals surface area contributed by atoms with E-state index in [0.29, 0.717) is 27.9 Å². The normalized spacial score (nSPS) is 12.0. The number of aryl methyl sites for hydroxylation is 1. The number of aromatic nitrogens is 3. The molecule has 0 N–H and O–H groups in total. The molecule has 0 aliphatic carbocycles. The molecule has 0 aliphatic heterocycles. The van der Waals surface area contributed by atoms with Gasteiger partial charge in [-0.15, -0.1) is 11.3 Å². The van der Waals surface area contributed by atoms with Gasteiger partial charge in [0.25, 0.3) is 5.91 Å². The Morgan fingerprint density at radius 3 is 2.50 bits per heavy atom. The highest BCUT2D eigenvalue weighted by Crippen LogP contribution is 2.29. The maximum absolute atomic E-state index is 13.2. The van der Waals surface area contributed by atoms with Crippen LogP contribution in [0.1, 0.15) is 40.8 Å². The van der Waals surface area contributed by atoms with Crippen molar-refractivity contribution in [3.8, 4) is 10.8 Å². The molecule has 0 fully saturated rings. The van der Waals surface area contributed by atoms with Gasteiger partial charge in [0.15, 0.2) is 10.8 Å². The number of halogens is 1. The van der Waals surface area contributed by atoms with Crippen molar-refractivity contribution in [2.24, 2.45) is 0 Å². The van der Waals surface area contributed by atoms with Crippen molar-refractivity contribution in [1.82, 2.24) is 19.9 Å². The van der Waals surface area contributed by atoms with Gasteiger partial charge in [-0.2, -0.15) is 0 Å². The molecule has 1 aromatic carbocycles. The topological polar surface area (TPSA) is 59.0 Å². The van der Waals surface area contributed by atoms with Crippen molar-refractivity contribution in [3.05, 3.63) is 64.7 Å². The zero-order valence-corrected chi connectivity index (χ0v) is 15.6. The molecular formula is C19H19FN4OS. The number of carbonyl (C=O) groups excluding carboxylic acids is 1. The summed E-state index contributed by atoms with van der Waals surface area (Å²) in [4.78, 5) is 28.3. The minimum Gasteiger partial charge on any atom is -0.331 e. The van der Waals surface area contributed by atoms with Gasteiger partial charge in [0.2, 0.25) is 0 Å². The molecule has 0 saturated carbocycles. The lowest BCUT2D eigenvalue weighted by molar-refractivity contribution is 0.0706. The lowest BCUT2D eigenvalue weighted by Gasteiger charge is -2.28. The van der Waals surface area contributed by atoms with Gasteiger partial charge in [-0.3, -0.25) is 4.79 Å². The Hall–Kier alpha value is -2.67. The number of thiazole rings is 1. The lowest BCUT2D eigenvalue weighted by atomic mass is 10.1. The van der Waals surface area contributed by atoms with Gasteiger partial charge >= 0.3 is 0 Å². The fraction of sp³-hybridized carbons (Fsp3) is 0.263. The molecule has 3 aromatic rings. The summed E-state index contributed by atoms with van der Waals surface area (Å²) in [7, 11) is 0. The predicted octanol–water partition coefficient (Wildman–Crippen LogP) is 4.27. The van der Waals surface area contributed by atoms with Crippen LogP contribution < -0.4 is 0 Å². The zero-order chi connectivity index (χ0) is 18.7. The number of hydrogen-bond acceptors (Lipinski definition) is 5. The van der Waals surface area contributed by atoms with Gasteiger partial charge in [-0.25, -0.2) is 19.3 Å². The van der Waals surface area contributed by atoms with Gasteiger partial charge in [-0.1, -0.05) is 12.1 Å². The first-order chi connectivity index (χ1) is 12.5. The van der Waals surface area contributed by atoms with Gasteiger partial charge in [0.1, 0.15) is 10.7 Å². The van der Waals surface area contributed by atoms with Gasteiger partial charge in [0.05, 0.1) is 11.7 Å². The second kappa shape index (κ2) is 7.70. The van der Waals surface area contributed by atoms with Crippen LogP contribution in [-0.2, 0) is 0 Å². The molecule has 2 heterocycles. The molecule has 1 amide bonds. The zero-order valence-electron chi connectivity index (χ0n) is 14.8. The summed E-state index contributed by atoms with van der Waals surface area (Å²) in [6, 6.07) is 7.79. The monoisotopic (exact) mass is 370 g/mol. The Labute approximate surface area is 155 Å². The summed E-state index contributed by atoms with van der Waals surface area (Å²) in [5, 5.41) is 0.622. The Kier molecular flexibility index (Phi) is 5.37. The largest absolute Gasteiger partial charge is 0.331 e. The van der Waals surface area contributed by atoms with Crippen molar-refractivity contribution in [2.75, 3.05) is 6.54 Å². The Morgan fingerprint density at radius 1 is 1.23 bits per heavy atom. The third-order valence-electron chi connectivity index (χ3n) is 4.17. The van der Waals surface area contributed by atoms with Crippen LogP contribution in [0, 0.1) is 12.7 Å². The van der Waals surface area contributed by atoms with Gasteiger partial charge < -0.3 is 4.90 Å². The molecule has 0 aliphatic rings. The van der Waals surface area contributed by atoms with E-state index in [4.69, 9.17) is 0 Å². The summed E-state index contributed by atoms with van der Waals surface area (Å²) in [5.41, 5.74) is 1.54. The maximum atomic E-state index is 13.2. The molecule has 1 unspecified atom stereocenters. The highest BCUT2D eigenvalue weighted by Gasteiger charge is 2.26. The number of nitrogens with zero attached hydrogens (tertiary/aromatic N) is 4. The van der Waals surface area contributed by atoms with Crippen molar-refractivity contribution < 1.29 is 9.18 Å². The van der Waals surface area contributed by atoms with E-state index in [1.807, 2.05) is 20.8 Å². The average molecular weight is 370 g/mol. The van der Waals surface area contributed by atoms with E-state index in [1.165, 1.54) is 23.5 Å². The molecule has 0 saturated heterocycles. The molecule has 2 aromatic heterocycles. The third kappa shape index (κ3) is 3.62. The Morgan fingerprint density at radius 2 is 1.88 bits per heavy atom. The van der Waals surface area contributed by atoms with Crippen molar-refractivity contribution in [2.45, 2.75) is 26.8 Å². The number of carbonyl (C=O) groups is 1. The summed E-state index contributed by atoms with van der Waals surface area (Å²) in [5.74, 6) is 0.122. The van der Waals surface area contributed by atoms with E-state index in [2.05, 4.69) is 15.0 Å². The van der Waals surface area contributed by atoms with Crippen LogP contribution in [0.25, 0.3) is 10.8 Å². The van der Waals surface area contributed by atoms with Crippen LogP contribution in [0.5, 0.6) is 0 Å². The molecule has 3 rings (SSSR count). The maximum Gasteiger partial charge on any atom is 0.266 e. The van der Waals surface area contributed by atoms with Crippen molar-refractivity contribution in [3.63, 3.8) is 0 Å². The highest BCUT2D eigenvalue weighted by atomic mass is 32.1. The van der Waals surface area contributed by atoms with E-state index < -0.39 is 0 Å². The molecule has 0 radical (unpaired) electrons. The second-order valence-corrected chi connectivity index (χ2v) is 6.82. The molecule has 0 spiro atoms. The van der Waals surface area contributed by atoms with E-state index in [0.717, 1.165) is 5.56 Å². The number of amides is 1. The molecule has 0 bridgehead atoms. The van der Waals surface area contributed by atoms with E-state index in [-0.39, 0.29) is 17.8 Å². The van der Waals surface area contributed by atoms with Crippen molar-refractivity contribution in [1.29, 1.82) is 0 Å². The first-order valence-corrected chi connectivity index (χ1v) is 9.14. The fourth-order valence-electron chi connectivity index (χ4n) is 2.75. The highest BCUT2D eigenvalue weighted by molar-refractivity contribution is 7.17. The molecule has 26 heavy (non-hydrogen) atoms. The number of hydrogen-bond donors (Lipinski definition) is 0. The van der Waals surface area contributed by atoms with Crippen LogP contribution in [0.2, 0.25) is 0 Å². The van der Waals surface area contributed by atoms with E-state index in [9.17, 15) is 9.18 Å². The minimum absolute atomic E-state index is 0.0958. The predicted molar refractivity (Wildman–Crippen MR) is 99.4 cm³/mol. The first-order valence-electron chi connectivity index (χ1n) is 8.32. The van der Waals surface area contributed by atoms with Crippen LogP contribution in [0.4, 0.5) is 4.39 Å². The minimum atomic E-state index is -0.291. The Balaban J connectivity index is 1.89. The standard InChI is InChI=1S/C19H19FN4OS/c1-4-24(13(3)14-6-8-15(20)9-7-14)19(25)16-12(2)23-18(26-16)17-21-10-5-11-22-17/h5-11,13H,4H2,1-3H3. The van der Waals surface area contributed by atoms with Crippen LogP contribution in [-0.4, -0.2) is 32.3 Å². The SMILES string of the molecule is CCN(C(=O)c1sc(-c2ncccn2)nc1C)C(C)c1ccc(F)cc1. The summed E-state index contributed by atoms with van der Waals surface area (Å²) >= 11 is 1.29. The van der Waals surface area contributed by atoms with Gasteiger partial charge in [0, 0.05) is 18.9 Å². The second-order valence-electron chi connectivity index (χ2n) is 5.82. The summed E-state index contributed by atoms with van der Waals surface area (Å²) in [6.07, 6.45) is 3.30. The number of rotatable bonds is 5. The number of benzene rings is 1. The molecule has 7 heteroatoms. The summed E-state index contributed by atoms with van der Waals surface area (Å²) in [6.45, 7) is 6.21. The first kappa shape index (κ1) is 18.1. The van der Waals surface area contributed by atoms with Crippen LogP contribution in [0.15, 0.2) is 42.7 Å². The van der Waals surface area contributed by atoms with E-state index >= 15 is 0 Å². The Bertz CT molecular complexity index is 896. The van der Waals surface area contributed by atoms with Crippen molar-refractivity contribution >= 4 is 17.2 Å². The molecule has 5 nitrogen and oxygen atoms in total. The molecule has 134 valence electrons. The fourth-order valence-corrected chi connectivity index (χ4v) is 3.72. The lowest BCUT2D eigenvalue weighted by Crippen LogP contribution is -2.33.